The summed E-state index contributed by atoms with van der Waals surface area (Å²) in [4.78, 5) is 4.63. The molecule has 4 aromatic rings. The second-order valence-corrected chi connectivity index (χ2v) is 6.31. The first kappa shape index (κ1) is 13.3. The number of benzene rings is 3. The van der Waals surface area contributed by atoms with E-state index in [0.717, 1.165) is 28.6 Å². The van der Waals surface area contributed by atoms with Crippen molar-refractivity contribution in [2.75, 3.05) is 5.73 Å². The van der Waals surface area contributed by atoms with Gasteiger partial charge in [-0.15, -0.1) is 0 Å². The maximum atomic E-state index is 6.27. The minimum absolute atomic E-state index is 0.874. The zero-order valence-corrected chi connectivity index (χ0v) is 13.2. The molecule has 1 aromatic heterocycles. The van der Waals surface area contributed by atoms with Gasteiger partial charge in [0.1, 0.15) is 0 Å². The van der Waals surface area contributed by atoms with Crippen LogP contribution < -0.4 is 5.73 Å². The Kier molecular flexibility index (Phi) is 2.74. The first-order valence-electron chi connectivity index (χ1n) is 8.16. The number of aromatic nitrogens is 1. The van der Waals surface area contributed by atoms with E-state index in [1.54, 1.807) is 0 Å². The predicted octanol–water partition coefficient (Wildman–Crippen LogP) is 5.06. The summed E-state index contributed by atoms with van der Waals surface area (Å²) in [6.07, 6.45) is 2.88. The number of anilines is 1. The third-order valence-corrected chi connectivity index (χ3v) is 4.90. The van der Waals surface area contributed by atoms with Crippen molar-refractivity contribution >= 4 is 16.6 Å². The molecular weight excluding hydrogens is 292 g/mol. The van der Waals surface area contributed by atoms with Crippen molar-refractivity contribution in [3.8, 4) is 22.3 Å². The molecule has 0 atom stereocenters. The smallest absolute Gasteiger partial charge is 0.0702 e. The Morgan fingerprint density at radius 3 is 2.62 bits per heavy atom. The Morgan fingerprint density at radius 1 is 0.833 bits per heavy atom. The molecule has 24 heavy (non-hydrogen) atoms. The monoisotopic (exact) mass is 308 g/mol. The van der Waals surface area contributed by atoms with Gasteiger partial charge in [-0.05, 0) is 46.0 Å². The first-order valence-corrected chi connectivity index (χ1v) is 8.16. The molecule has 0 amide bonds. The van der Waals surface area contributed by atoms with E-state index in [4.69, 9.17) is 5.73 Å². The van der Waals surface area contributed by atoms with Gasteiger partial charge in [0.25, 0.3) is 0 Å². The van der Waals surface area contributed by atoms with Crippen LogP contribution in [0.25, 0.3) is 33.2 Å². The van der Waals surface area contributed by atoms with Gasteiger partial charge in [-0.2, -0.15) is 0 Å². The molecule has 2 heteroatoms. The SMILES string of the molecule is Nc1ccc(-c2cnc3ccccc3c2)c2c1Cc1ccccc1-2. The Labute approximate surface area is 140 Å². The minimum atomic E-state index is 0.874. The normalized spacial score (nSPS) is 12.2. The van der Waals surface area contributed by atoms with E-state index in [0.29, 0.717) is 0 Å². The van der Waals surface area contributed by atoms with Crippen molar-refractivity contribution in [3.05, 3.63) is 84.1 Å². The molecule has 2 N–H and O–H groups in total. The fourth-order valence-corrected chi connectivity index (χ4v) is 3.73. The second-order valence-electron chi connectivity index (χ2n) is 6.31. The van der Waals surface area contributed by atoms with Gasteiger partial charge in [0.2, 0.25) is 0 Å². The highest BCUT2D eigenvalue weighted by molar-refractivity contribution is 5.95. The number of rotatable bonds is 1. The molecule has 0 unspecified atom stereocenters. The first-order chi connectivity index (χ1) is 11.8. The van der Waals surface area contributed by atoms with E-state index in [2.05, 4.69) is 53.5 Å². The van der Waals surface area contributed by atoms with Gasteiger partial charge in [0.15, 0.2) is 0 Å². The molecule has 0 saturated heterocycles. The summed E-state index contributed by atoms with van der Waals surface area (Å²) >= 11 is 0. The number of pyridine rings is 1. The Hall–Kier alpha value is -3.13. The Bertz CT molecular complexity index is 1100. The maximum Gasteiger partial charge on any atom is 0.0702 e. The summed E-state index contributed by atoms with van der Waals surface area (Å²) in [5.41, 5.74) is 15.7. The van der Waals surface area contributed by atoms with Crippen molar-refractivity contribution in [1.82, 2.24) is 4.98 Å². The average Bonchev–Trinajstić information content (AvgIpc) is 3.02. The number of hydrogen-bond donors (Lipinski definition) is 1. The van der Waals surface area contributed by atoms with Crippen molar-refractivity contribution in [3.63, 3.8) is 0 Å². The zero-order valence-electron chi connectivity index (χ0n) is 13.2. The Morgan fingerprint density at radius 2 is 1.67 bits per heavy atom. The fourth-order valence-electron chi connectivity index (χ4n) is 3.73. The molecule has 0 saturated carbocycles. The summed E-state index contributed by atoms with van der Waals surface area (Å²) in [7, 11) is 0. The molecular formula is C22H16N2. The highest BCUT2D eigenvalue weighted by atomic mass is 14.6. The van der Waals surface area contributed by atoms with Crippen molar-refractivity contribution < 1.29 is 0 Å². The number of para-hydroxylation sites is 1. The van der Waals surface area contributed by atoms with Crippen LogP contribution in [0.3, 0.4) is 0 Å². The van der Waals surface area contributed by atoms with Crippen LogP contribution in [-0.4, -0.2) is 4.98 Å². The topological polar surface area (TPSA) is 38.9 Å². The van der Waals surface area contributed by atoms with E-state index < -0.39 is 0 Å². The second kappa shape index (κ2) is 4.93. The fraction of sp³-hybridized carbons (Fsp3) is 0.0455. The van der Waals surface area contributed by atoms with Gasteiger partial charge >= 0.3 is 0 Å². The molecule has 0 aliphatic heterocycles. The molecule has 3 aromatic carbocycles. The number of nitrogens with zero attached hydrogens (tertiary/aromatic N) is 1. The lowest BCUT2D eigenvalue weighted by Gasteiger charge is -2.12. The van der Waals surface area contributed by atoms with E-state index in [1.807, 2.05) is 24.4 Å². The van der Waals surface area contributed by atoms with Crippen LogP contribution >= 0.6 is 0 Å². The molecule has 1 aliphatic rings. The molecule has 5 rings (SSSR count). The number of hydrogen-bond acceptors (Lipinski definition) is 2. The van der Waals surface area contributed by atoms with E-state index in [-0.39, 0.29) is 0 Å². The van der Waals surface area contributed by atoms with Crippen LogP contribution in [0.4, 0.5) is 5.69 Å². The van der Waals surface area contributed by atoms with Gasteiger partial charge < -0.3 is 5.73 Å². The number of nitrogens with two attached hydrogens (primary N) is 1. The molecule has 0 spiro atoms. The minimum Gasteiger partial charge on any atom is -0.398 e. The van der Waals surface area contributed by atoms with E-state index in [9.17, 15) is 0 Å². The molecule has 114 valence electrons. The van der Waals surface area contributed by atoms with Crippen molar-refractivity contribution in [2.45, 2.75) is 6.42 Å². The Balaban J connectivity index is 1.80. The van der Waals surface area contributed by atoms with Crippen LogP contribution in [-0.2, 0) is 6.42 Å². The third-order valence-electron chi connectivity index (χ3n) is 4.90. The van der Waals surface area contributed by atoms with Gasteiger partial charge in [0.05, 0.1) is 5.52 Å². The lowest BCUT2D eigenvalue weighted by molar-refractivity contribution is 1.27. The summed E-state index contributed by atoms with van der Waals surface area (Å²) < 4.78 is 0. The number of fused-ring (bicyclic) bond motifs is 4. The van der Waals surface area contributed by atoms with Crippen molar-refractivity contribution in [2.24, 2.45) is 0 Å². The van der Waals surface area contributed by atoms with Crippen LogP contribution in [0, 0.1) is 0 Å². The van der Waals surface area contributed by atoms with Crippen LogP contribution in [0.15, 0.2) is 72.9 Å². The summed E-state index contributed by atoms with van der Waals surface area (Å²) in [5.74, 6) is 0. The summed E-state index contributed by atoms with van der Waals surface area (Å²) in [6, 6.07) is 23.2. The number of nitrogen functional groups attached to an aromatic ring is 1. The summed E-state index contributed by atoms with van der Waals surface area (Å²) in [6.45, 7) is 0. The molecule has 0 radical (unpaired) electrons. The molecule has 2 nitrogen and oxygen atoms in total. The average molecular weight is 308 g/mol. The van der Waals surface area contributed by atoms with Gasteiger partial charge in [0, 0.05) is 29.3 Å². The standard InChI is InChI=1S/C22H16N2/c23-20-10-9-18(16-11-15-6-2-4-8-21(15)24-13-16)22-17-7-3-1-5-14(17)12-19(20)22/h1-11,13H,12,23H2. The van der Waals surface area contributed by atoms with Crippen molar-refractivity contribution in [1.29, 1.82) is 0 Å². The molecule has 1 aliphatic carbocycles. The van der Waals surface area contributed by atoms with E-state index >= 15 is 0 Å². The van der Waals surface area contributed by atoms with Crippen LogP contribution in [0.1, 0.15) is 11.1 Å². The third kappa shape index (κ3) is 1.86. The molecule has 0 fully saturated rings. The van der Waals surface area contributed by atoms with Gasteiger partial charge in [-0.25, -0.2) is 0 Å². The lowest BCUT2D eigenvalue weighted by atomic mass is 9.93. The largest absolute Gasteiger partial charge is 0.398 e. The summed E-state index contributed by atoms with van der Waals surface area (Å²) in [5, 5.41) is 1.16. The van der Waals surface area contributed by atoms with Gasteiger partial charge in [-0.3, -0.25) is 4.98 Å². The highest BCUT2D eigenvalue weighted by Crippen LogP contribution is 2.45. The zero-order chi connectivity index (χ0) is 16.1. The maximum absolute atomic E-state index is 6.27. The van der Waals surface area contributed by atoms with Crippen LogP contribution in [0.2, 0.25) is 0 Å². The van der Waals surface area contributed by atoms with Crippen LogP contribution in [0.5, 0.6) is 0 Å². The molecule has 1 heterocycles. The van der Waals surface area contributed by atoms with E-state index in [1.165, 1.54) is 27.8 Å². The van der Waals surface area contributed by atoms with Gasteiger partial charge in [-0.1, -0.05) is 48.5 Å². The quantitative estimate of drug-likeness (QED) is 0.440. The highest BCUT2D eigenvalue weighted by Gasteiger charge is 2.23. The lowest BCUT2D eigenvalue weighted by Crippen LogP contribution is -1.94. The molecule has 0 bridgehead atoms. The predicted molar refractivity (Wildman–Crippen MR) is 99.8 cm³/mol.